The molecule has 0 saturated carbocycles. The molecule has 1 aliphatic heterocycles. The van der Waals surface area contributed by atoms with Crippen molar-refractivity contribution in [3.8, 4) is 5.75 Å². The Bertz CT molecular complexity index is 446. The Balaban J connectivity index is 1.97. The molecular weight excluding hydrogens is 306 g/mol. The number of aliphatic hydroxyl groups is 1. The molecule has 3 nitrogen and oxygen atoms in total. The molecule has 0 spiro atoms. The molecule has 2 rings (SSSR count). The standard InChI is InChI=1S/C15H22BrNO2/c1-15(2,4-5-18)10-17-9-12-8-13(16)7-11-3-6-19-14(11)12/h7-8,17-18H,3-6,9-10H2,1-2H3. The van der Waals surface area contributed by atoms with E-state index in [2.05, 4.69) is 47.2 Å². The monoisotopic (exact) mass is 327 g/mol. The average molecular weight is 328 g/mol. The summed E-state index contributed by atoms with van der Waals surface area (Å²) in [7, 11) is 0. The van der Waals surface area contributed by atoms with Crippen LogP contribution >= 0.6 is 15.9 Å². The Hall–Kier alpha value is -0.580. The summed E-state index contributed by atoms with van der Waals surface area (Å²) in [6.07, 6.45) is 1.81. The van der Waals surface area contributed by atoms with Crippen LogP contribution in [0.25, 0.3) is 0 Å². The van der Waals surface area contributed by atoms with Gasteiger partial charge < -0.3 is 15.2 Å². The summed E-state index contributed by atoms with van der Waals surface area (Å²) in [4.78, 5) is 0. The maximum Gasteiger partial charge on any atom is 0.127 e. The summed E-state index contributed by atoms with van der Waals surface area (Å²) < 4.78 is 6.83. The van der Waals surface area contributed by atoms with Crippen LogP contribution in [0.3, 0.4) is 0 Å². The largest absolute Gasteiger partial charge is 0.493 e. The van der Waals surface area contributed by atoms with Crippen LogP contribution in [0.1, 0.15) is 31.4 Å². The third-order valence-electron chi connectivity index (χ3n) is 3.53. The van der Waals surface area contributed by atoms with Gasteiger partial charge in [0.15, 0.2) is 0 Å². The number of fused-ring (bicyclic) bond motifs is 1. The highest BCUT2D eigenvalue weighted by Crippen LogP contribution is 2.33. The number of aliphatic hydroxyl groups excluding tert-OH is 1. The number of ether oxygens (including phenoxy) is 1. The van der Waals surface area contributed by atoms with Crippen molar-refractivity contribution in [3.63, 3.8) is 0 Å². The molecule has 19 heavy (non-hydrogen) atoms. The fourth-order valence-electron chi connectivity index (χ4n) is 2.40. The van der Waals surface area contributed by atoms with E-state index in [1.807, 2.05) is 0 Å². The first-order chi connectivity index (χ1) is 9.02. The third-order valence-corrected chi connectivity index (χ3v) is 3.99. The van der Waals surface area contributed by atoms with Gasteiger partial charge in [-0.05, 0) is 29.5 Å². The van der Waals surface area contributed by atoms with E-state index in [4.69, 9.17) is 9.84 Å². The third kappa shape index (κ3) is 3.94. The van der Waals surface area contributed by atoms with Gasteiger partial charge in [0, 0.05) is 36.2 Å². The van der Waals surface area contributed by atoms with Crippen LogP contribution in [-0.2, 0) is 13.0 Å². The molecule has 1 aliphatic rings. The highest BCUT2D eigenvalue weighted by molar-refractivity contribution is 9.10. The predicted octanol–water partition coefficient (Wildman–Crippen LogP) is 2.88. The van der Waals surface area contributed by atoms with Crippen LogP contribution in [-0.4, -0.2) is 24.9 Å². The van der Waals surface area contributed by atoms with Crippen LogP contribution in [0.15, 0.2) is 16.6 Å². The first-order valence-corrected chi connectivity index (χ1v) is 7.57. The molecule has 0 unspecified atom stereocenters. The zero-order valence-electron chi connectivity index (χ0n) is 11.6. The maximum atomic E-state index is 9.03. The van der Waals surface area contributed by atoms with Gasteiger partial charge in [-0.1, -0.05) is 29.8 Å². The van der Waals surface area contributed by atoms with Gasteiger partial charge in [0.25, 0.3) is 0 Å². The Kier molecular flexibility index (Phi) is 4.87. The number of rotatable bonds is 6. The highest BCUT2D eigenvalue weighted by Gasteiger charge is 2.19. The minimum absolute atomic E-state index is 0.116. The van der Waals surface area contributed by atoms with E-state index in [0.717, 1.165) is 42.8 Å². The highest BCUT2D eigenvalue weighted by atomic mass is 79.9. The van der Waals surface area contributed by atoms with Crippen molar-refractivity contribution in [3.05, 3.63) is 27.7 Å². The summed E-state index contributed by atoms with van der Waals surface area (Å²) in [5.74, 6) is 1.05. The summed E-state index contributed by atoms with van der Waals surface area (Å²) in [5.41, 5.74) is 2.62. The molecule has 4 heteroatoms. The fourth-order valence-corrected chi connectivity index (χ4v) is 2.96. The summed E-state index contributed by atoms with van der Waals surface area (Å²) in [6.45, 7) is 7.04. The van der Waals surface area contributed by atoms with Gasteiger partial charge in [-0.2, -0.15) is 0 Å². The van der Waals surface area contributed by atoms with Crippen molar-refractivity contribution >= 4 is 15.9 Å². The number of hydrogen-bond donors (Lipinski definition) is 2. The Labute approximate surface area is 123 Å². The summed E-state index contributed by atoms with van der Waals surface area (Å²) in [5, 5.41) is 12.5. The van der Waals surface area contributed by atoms with Crippen LogP contribution < -0.4 is 10.1 Å². The van der Waals surface area contributed by atoms with Crippen LogP contribution in [0.2, 0.25) is 0 Å². The smallest absolute Gasteiger partial charge is 0.127 e. The van der Waals surface area contributed by atoms with E-state index in [-0.39, 0.29) is 12.0 Å². The number of halogens is 1. The van der Waals surface area contributed by atoms with E-state index in [1.54, 1.807) is 0 Å². The van der Waals surface area contributed by atoms with Crippen molar-refractivity contribution in [1.29, 1.82) is 0 Å². The van der Waals surface area contributed by atoms with Gasteiger partial charge in [-0.3, -0.25) is 0 Å². The molecule has 0 bridgehead atoms. The van der Waals surface area contributed by atoms with Crippen molar-refractivity contribution < 1.29 is 9.84 Å². The lowest BCUT2D eigenvalue weighted by molar-refractivity contribution is 0.207. The minimum atomic E-state index is 0.116. The van der Waals surface area contributed by atoms with Crippen LogP contribution in [0.5, 0.6) is 5.75 Å². The lowest BCUT2D eigenvalue weighted by Gasteiger charge is -2.24. The lowest BCUT2D eigenvalue weighted by Crippen LogP contribution is -2.30. The van der Waals surface area contributed by atoms with Gasteiger partial charge in [0.1, 0.15) is 5.75 Å². The minimum Gasteiger partial charge on any atom is -0.493 e. The molecule has 0 aromatic heterocycles. The quantitative estimate of drug-likeness (QED) is 0.844. The maximum absolute atomic E-state index is 9.03. The lowest BCUT2D eigenvalue weighted by atomic mass is 9.89. The van der Waals surface area contributed by atoms with Crippen molar-refractivity contribution in [2.45, 2.75) is 33.2 Å². The molecule has 0 atom stereocenters. The molecule has 0 aliphatic carbocycles. The first kappa shape index (κ1) is 14.8. The molecule has 0 radical (unpaired) electrons. The molecule has 1 aromatic rings. The van der Waals surface area contributed by atoms with Gasteiger partial charge >= 0.3 is 0 Å². The average Bonchev–Trinajstić information content (AvgIpc) is 2.76. The van der Waals surface area contributed by atoms with Crippen LogP contribution in [0, 0.1) is 5.41 Å². The van der Waals surface area contributed by atoms with Gasteiger partial charge in [0.2, 0.25) is 0 Å². The molecule has 106 valence electrons. The Morgan fingerprint density at radius 3 is 2.95 bits per heavy atom. The van der Waals surface area contributed by atoms with Crippen molar-refractivity contribution in [1.82, 2.24) is 5.32 Å². The second-order valence-electron chi connectivity index (χ2n) is 5.89. The predicted molar refractivity (Wildman–Crippen MR) is 80.5 cm³/mol. The fraction of sp³-hybridized carbons (Fsp3) is 0.600. The Morgan fingerprint density at radius 1 is 1.42 bits per heavy atom. The second-order valence-corrected chi connectivity index (χ2v) is 6.81. The molecule has 0 amide bonds. The first-order valence-electron chi connectivity index (χ1n) is 6.77. The van der Waals surface area contributed by atoms with Gasteiger partial charge in [0.05, 0.1) is 6.61 Å². The SMILES string of the molecule is CC(C)(CCO)CNCc1cc(Br)cc2c1OCC2. The molecule has 0 saturated heterocycles. The van der Waals surface area contributed by atoms with Gasteiger partial charge in [-0.25, -0.2) is 0 Å². The zero-order valence-corrected chi connectivity index (χ0v) is 13.2. The van der Waals surface area contributed by atoms with Crippen LogP contribution in [0.4, 0.5) is 0 Å². The zero-order chi connectivity index (χ0) is 13.9. The molecule has 0 fully saturated rings. The summed E-state index contributed by atoms with van der Waals surface area (Å²) >= 11 is 3.56. The molecule has 2 N–H and O–H groups in total. The number of benzene rings is 1. The van der Waals surface area contributed by atoms with Gasteiger partial charge in [-0.15, -0.1) is 0 Å². The summed E-state index contributed by atoms with van der Waals surface area (Å²) in [6, 6.07) is 4.26. The van der Waals surface area contributed by atoms with E-state index >= 15 is 0 Å². The van der Waals surface area contributed by atoms with E-state index in [1.165, 1.54) is 11.1 Å². The topological polar surface area (TPSA) is 41.5 Å². The Morgan fingerprint density at radius 2 is 2.21 bits per heavy atom. The van der Waals surface area contributed by atoms with Crippen molar-refractivity contribution in [2.75, 3.05) is 19.8 Å². The molecular formula is C15H22BrNO2. The van der Waals surface area contributed by atoms with Crippen molar-refractivity contribution in [2.24, 2.45) is 5.41 Å². The second kappa shape index (κ2) is 6.25. The molecule has 1 aromatic carbocycles. The normalized spacial score (nSPS) is 14.3. The molecule has 1 heterocycles. The number of nitrogens with one attached hydrogen (secondary N) is 1. The van der Waals surface area contributed by atoms with E-state index in [9.17, 15) is 0 Å². The van der Waals surface area contributed by atoms with E-state index < -0.39 is 0 Å². The number of hydrogen-bond acceptors (Lipinski definition) is 3. The van der Waals surface area contributed by atoms with E-state index in [0.29, 0.717) is 0 Å².